The van der Waals surface area contributed by atoms with Gasteiger partial charge in [0, 0.05) is 38.8 Å². The van der Waals surface area contributed by atoms with Gasteiger partial charge in [-0.15, -0.1) is 0 Å². The average Bonchev–Trinajstić information content (AvgIpc) is 2.27. The first-order chi connectivity index (χ1) is 8.05. The smallest absolute Gasteiger partial charge is 0.153 e. The summed E-state index contributed by atoms with van der Waals surface area (Å²) in [5.41, 5.74) is 0. The molecule has 5 nitrogen and oxygen atoms in total. The summed E-state index contributed by atoms with van der Waals surface area (Å²) in [5, 5.41) is 3.31. The van der Waals surface area contributed by atoms with E-state index in [9.17, 15) is 8.42 Å². The van der Waals surface area contributed by atoms with Gasteiger partial charge in [0.05, 0.1) is 11.5 Å². The highest BCUT2D eigenvalue weighted by atomic mass is 32.2. The summed E-state index contributed by atoms with van der Waals surface area (Å²) in [6.07, 6.45) is 0.947. The molecule has 0 bridgehead atoms. The van der Waals surface area contributed by atoms with Crippen LogP contribution in [0.25, 0.3) is 0 Å². The summed E-state index contributed by atoms with van der Waals surface area (Å²) in [6, 6.07) is 0.161. The van der Waals surface area contributed by atoms with Crippen LogP contribution in [0.15, 0.2) is 0 Å². The van der Waals surface area contributed by atoms with Crippen LogP contribution in [0.3, 0.4) is 0 Å². The summed E-state index contributed by atoms with van der Waals surface area (Å²) < 4.78 is 23.0. The normalized spacial score (nSPS) is 31.5. The summed E-state index contributed by atoms with van der Waals surface area (Å²) in [7, 11) is -0.637. The monoisotopic (exact) mass is 261 g/mol. The molecule has 0 saturated carbocycles. The molecule has 0 radical (unpaired) electrons. The van der Waals surface area contributed by atoms with Gasteiger partial charge in [0.25, 0.3) is 0 Å². The van der Waals surface area contributed by atoms with Crippen molar-refractivity contribution in [2.75, 3.05) is 57.8 Å². The first-order valence-corrected chi connectivity index (χ1v) is 8.22. The van der Waals surface area contributed by atoms with Crippen LogP contribution in [0.4, 0.5) is 0 Å². The number of piperazine rings is 1. The Labute approximate surface area is 104 Å². The Morgan fingerprint density at radius 2 is 1.94 bits per heavy atom. The van der Waals surface area contributed by atoms with Crippen LogP contribution in [-0.2, 0) is 9.84 Å². The quantitative estimate of drug-likeness (QED) is 0.707. The second-order valence-corrected chi connectivity index (χ2v) is 7.43. The number of sulfone groups is 1. The molecule has 2 aliphatic rings. The standard InChI is InChI=1S/C11H23N3O2S/c1-13-5-7-14(8-6-13)4-2-11-10-17(15,16)9-3-12-11/h11-12H,2-10H2,1H3. The van der Waals surface area contributed by atoms with E-state index in [4.69, 9.17) is 0 Å². The van der Waals surface area contributed by atoms with E-state index >= 15 is 0 Å². The maximum atomic E-state index is 11.5. The van der Waals surface area contributed by atoms with Crippen molar-refractivity contribution in [1.82, 2.24) is 15.1 Å². The molecule has 0 aromatic rings. The number of hydrogen-bond acceptors (Lipinski definition) is 5. The zero-order valence-electron chi connectivity index (χ0n) is 10.6. The van der Waals surface area contributed by atoms with Crippen LogP contribution < -0.4 is 5.32 Å². The Morgan fingerprint density at radius 3 is 2.59 bits per heavy atom. The minimum atomic E-state index is -2.78. The third-order valence-electron chi connectivity index (χ3n) is 3.69. The topological polar surface area (TPSA) is 52.7 Å². The fourth-order valence-corrected chi connectivity index (χ4v) is 3.96. The molecule has 0 aliphatic carbocycles. The fourth-order valence-electron chi connectivity index (χ4n) is 2.46. The van der Waals surface area contributed by atoms with E-state index in [-0.39, 0.29) is 6.04 Å². The third kappa shape index (κ3) is 4.21. The molecule has 2 aliphatic heterocycles. The molecular formula is C11H23N3O2S. The molecule has 2 heterocycles. The van der Waals surface area contributed by atoms with Gasteiger partial charge in [-0.3, -0.25) is 0 Å². The lowest BCUT2D eigenvalue weighted by Crippen LogP contribution is -2.49. The Bertz CT molecular complexity index is 337. The molecule has 2 fully saturated rings. The maximum absolute atomic E-state index is 11.5. The highest BCUT2D eigenvalue weighted by Gasteiger charge is 2.24. The van der Waals surface area contributed by atoms with Crippen molar-refractivity contribution in [2.45, 2.75) is 12.5 Å². The summed E-state index contributed by atoms with van der Waals surface area (Å²) in [5.74, 6) is 0.624. The second kappa shape index (κ2) is 5.65. The highest BCUT2D eigenvalue weighted by Crippen LogP contribution is 2.07. The third-order valence-corrected chi connectivity index (χ3v) is 5.43. The number of likely N-dealkylation sites (N-methyl/N-ethyl adjacent to an activating group) is 1. The zero-order valence-corrected chi connectivity index (χ0v) is 11.4. The number of hydrogen-bond donors (Lipinski definition) is 1. The van der Waals surface area contributed by atoms with Crippen LogP contribution in [-0.4, -0.2) is 82.1 Å². The van der Waals surface area contributed by atoms with Crippen LogP contribution in [0, 0.1) is 0 Å². The van der Waals surface area contributed by atoms with Gasteiger partial charge >= 0.3 is 0 Å². The number of nitrogens with zero attached hydrogens (tertiary/aromatic N) is 2. The molecule has 2 saturated heterocycles. The van der Waals surface area contributed by atoms with Gasteiger partial charge in [-0.2, -0.15) is 0 Å². The largest absolute Gasteiger partial charge is 0.312 e. The molecule has 1 atom stereocenters. The lowest BCUT2D eigenvalue weighted by Gasteiger charge is -2.33. The summed E-state index contributed by atoms with van der Waals surface area (Å²) in [6.45, 7) is 6.09. The van der Waals surface area contributed by atoms with Crippen molar-refractivity contribution in [2.24, 2.45) is 0 Å². The molecular weight excluding hydrogens is 238 g/mol. The van der Waals surface area contributed by atoms with E-state index in [0.717, 1.165) is 39.1 Å². The van der Waals surface area contributed by atoms with Crippen molar-refractivity contribution in [3.8, 4) is 0 Å². The maximum Gasteiger partial charge on any atom is 0.153 e. The summed E-state index contributed by atoms with van der Waals surface area (Å²) in [4.78, 5) is 4.77. The van der Waals surface area contributed by atoms with Crippen LogP contribution in [0.1, 0.15) is 6.42 Å². The van der Waals surface area contributed by atoms with Crippen molar-refractivity contribution < 1.29 is 8.42 Å². The van der Waals surface area contributed by atoms with Gasteiger partial charge in [0.2, 0.25) is 0 Å². The Hall–Kier alpha value is -0.170. The number of nitrogens with one attached hydrogen (secondary N) is 1. The highest BCUT2D eigenvalue weighted by molar-refractivity contribution is 7.91. The summed E-state index contributed by atoms with van der Waals surface area (Å²) >= 11 is 0. The van der Waals surface area contributed by atoms with E-state index in [0.29, 0.717) is 18.1 Å². The van der Waals surface area contributed by atoms with E-state index < -0.39 is 9.84 Å². The van der Waals surface area contributed by atoms with Gasteiger partial charge in [-0.05, 0) is 20.0 Å². The van der Waals surface area contributed by atoms with Crippen molar-refractivity contribution in [3.05, 3.63) is 0 Å². The predicted molar refractivity (Wildman–Crippen MR) is 69.0 cm³/mol. The SMILES string of the molecule is CN1CCN(CCC2CS(=O)(=O)CCN2)CC1. The van der Waals surface area contributed by atoms with E-state index in [1.165, 1.54) is 0 Å². The molecule has 0 aromatic heterocycles. The van der Waals surface area contributed by atoms with Gasteiger partial charge in [0.15, 0.2) is 9.84 Å². The van der Waals surface area contributed by atoms with Crippen LogP contribution in [0.5, 0.6) is 0 Å². The molecule has 6 heteroatoms. The molecule has 2 rings (SSSR count). The van der Waals surface area contributed by atoms with Crippen LogP contribution >= 0.6 is 0 Å². The Balaban J connectivity index is 1.71. The van der Waals surface area contributed by atoms with Crippen molar-refractivity contribution >= 4 is 9.84 Å². The van der Waals surface area contributed by atoms with Gasteiger partial charge < -0.3 is 15.1 Å². The van der Waals surface area contributed by atoms with Gasteiger partial charge in [-0.25, -0.2) is 8.42 Å². The van der Waals surface area contributed by atoms with E-state index in [1.807, 2.05) is 0 Å². The number of rotatable bonds is 3. The molecule has 17 heavy (non-hydrogen) atoms. The molecule has 1 unspecified atom stereocenters. The lowest BCUT2D eigenvalue weighted by atomic mass is 10.2. The predicted octanol–water partition coefficient (Wildman–Crippen LogP) is -0.989. The van der Waals surface area contributed by atoms with Crippen molar-refractivity contribution in [1.29, 1.82) is 0 Å². The van der Waals surface area contributed by atoms with E-state index in [1.54, 1.807) is 0 Å². The van der Waals surface area contributed by atoms with Crippen molar-refractivity contribution in [3.63, 3.8) is 0 Å². The molecule has 1 N–H and O–H groups in total. The van der Waals surface area contributed by atoms with E-state index in [2.05, 4.69) is 22.2 Å². The van der Waals surface area contributed by atoms with Crippen LogP contribution in [0.2, 0.25) is 0 Å². The second-order valence-electron chi connectivity index (χ2n) is 5.20. The molecule has 0 aromatic carbocycles. The zero-order chi connectivity index (χ0) is 12.3. The first-order valence-electron chi connectivity index (χ1n) is 6.40. The molecule has 100 valence electrons. The Morgan fingerprint density at radius 1 is 1.24 bits per heavy atom. The minimum Gasteiger partial charge on any atom is -0.312 e. The van der Waals surface area contributed by atoms with Gasteiger partial charge in [-0.1, -0.05) is 0 Å². The molecule has 0 spiro atoms. The lowest BCUT2D eigenvalue weighted by molar-refractivity contribution is 0.149. The first kappa shape index (κ1) is 13.3. The molecule has 0 amide bonds. The van der Waals surface area contributed by atoms with Gasteiger partial charge in [0.1, 0.15) is 0 Å². The fraction of sp³-hybridized carbons (Fsp3) is 1.00. The minimum absolute atomic E-state index is 0.161. The Kier molecular flexibility index (Phi) is 4.41. The average molecular weight is 261 g/mol.